The van der Waals surface area contributed by atoms with Gasteiger partial charge in [-0.15, -0.1) is 0 Å². The number of esters is 1. The van der Waals surface area contributed by atoms with Gasteiger partial charge in [-0.05, 0) is 56.9 Å². The van der Waals surface area contributed by atoms with E-state index in [1.165, 1.54) is 12.1 Å². The number of aryl methyl sites for hydroxylation is 2. The molecule has 29 heavy (non-hydrogen) atoms. The predicted octanol–water partition coefficient (Wildman–Crippen LogP) is 1.75. The molecule has 158 valence electrons. The molecule has 0 fully saturated rings. The van der Waals surface area contributed by atoms with Gasteiger partial charge in [0, 0.05) is 24.4 Å². The molecule has 8 nitrogen and oxygen atoms in total. The minimum absolute atomic E-state index is 0.0593. The lowest BCUT2D eigenvalue weighted by molar-refractivity contribution is -0.121. The number of hydrogen-bond donors (Lipinski definition) is 3. The van der Waals surface area contributed by atoms with Gasteiger partial charge in [0.05, 0.1) is 17.1 Å². The molecule has 0 aliphatic heterocycles. The third-order valence-electron chi connectivity index (χ3n) is 4.61. The molecule has 1 amide bonds. The molecule has 1 aromatic heterocycles. The molecule has 1 heterocycles. The summed E-state index contributed by atoms with van der Waals surface area (Å²) in [5, 5.41) is 7.91. The number of sulfonamides is 1. The molecule has 0 unspecified atom stereocenters. The lowest BCUT2D eigenvalue weighted by Gasteiger charge is -2.06. The predicted molar refractivity (Wildman–Crippen MR) is 109 cm³/mol. The van der Waals surface area contributed by atoms with Crippen molar-refractivity contribution in [2.45, 2.75) is 44.9 Å². The fourth-order valence-corrected chi connectivity index (χ4v) is 3.61. The van der Waals surface area contributed by atoms with Crippen molar-refractivity contribution in [3.05, 3.63) is 52.3 Å². The summed E-state index contributed by atoms with van der Waals surface area (Å²) in [4.78, 5) is 27.4. The van der Waals surface area contributed by atoms with Crippen LogP contribution in [-0.2, 0) is 32.4 Å². The van der Waals surface area contributed by atoms with E-state index < -0.39 is 10.0 Å². The fourth-order valence-electron chi connectivity index (χ4n) is 3.09. The Bertz CT molecular complexity index is 978. The number of aromatic nitrogens is 1. The molecule has 0 spiro atoms. The maximum atomic E-state index is 12.1. The number of benzene rings is 1. The van der Waals surface area contributed by atoms with Crippen LogP contribution in [0.25, 0.3) is 0 Å². The van der Waals surface area contributed by atoms with Gasteiger partial charge >= 0.3 is 5.97 Å². The lowest BCUT2D eigenvalue weighted by Crippen LogP contribution is -2.26. The summed E-state index contributed by atoms with van der Waals surface area (Å²) in [7, 11) is -3.70. The molecule has 0 aliphatic rings. The topological polar surface area (TPSA) is 131 Å². The van der Waals surface area contributed by atoms with E-state index in [1.807, 2.05) is 13.8 Å². The number of rotatable bonds is 9. The number of carbonyl (C=O) groups is 2. The zero-order valence-electron chi connectivity index (χ0n) is 16.9. The van der Waals surface area contributed by atoms with Gasteiger partial charge in [0.15, 0.2) is 0 Å². The van der Waals surface area contributed by atoms with Crippen molar-refractivity contribution < 1.29 is 22.7 Å². The molecule has 0 bridgehead atoms. The second-order valence-electron chi connectivity index (χ2n) is 6.74. The van der Waals surface area contributed by atoms with Crippen molar-refractivity contribution in [2.75, 3.05) is 13.2 Å². The highest BCUT2D eigenvalue weighted by molar-refractivity contribution is 7.89. The third-order valence-corrected chi connectivity index (χ3v) is 5.54. The summed E-state index contributed by atoms with van der Waals surface area (Å²) in [5.74, 6) is -0.460. The van der Waals surface area contributed by atoms with Crippen LogP contribution < -0.4 is 10.5 Å². The van der Waals surface area contributed by atoms with E-state index in [1.54, 1.807) is 19.1 Å². The van der Waals surface area contributed by atoms with Gasteiger partial charge in [0.1, 0.15) is 0 Å². The van der Waals surface area contributed by atoms with Crippen LogP contribution in [0.3, 0.4) is 0 Å². The van der Waals surface area contributed by atoms with Gasteiger partial charge in [-0.1, -0.05) is 12.1 Å². The fraction of sp³-hybridized carbons (Fsp3) is 0.400. The van der Waals surface area contributed by atoms with Gasteiger partial charge in [-0.2, -0.15) is 0 Å². The highest BCUT2D eigenvalue weighted by atomic mass is 32.2. The van der Waals surface area contributed by atoms with Gasteiger partial charge in [0.2, 0.25) is 15.9 Å². The quantitative estimate of drug-likeness (QED) is 0.531. The Hall–Kier alpha value is -2.65. The molecule has 0 aliphatic carbocycles. The van der Waals surface area contributed by atoms with Crippen molar-refractivity contribution in [1.82, 2.24) is 10.3 Å². The molecule has 2 aromatic rings. The Morgan fingerprint density at radius 3 is 2.38 bits per heavy atom. The first-order chi connectivity index (χ1) is 13.6. The highest BCUT2D eigenvalue weighted by Gasteiger charge is 2.19. The number of nitrogens with one attached hydrogen (secondary N) is 2. The molecular weight excluding hydrogens is 394 g/mol. The van der Waals surface area contributed by atoms with Gasteiger partial charge in [-0.3, -0.25) is 4.79 Å². The van der Waals surface area contributed by atoms with E-state index in [2.05, 4.69) is 10.3 Å². The molecule has 4 N–H and O–H groups in total. The molecule has 0 atom stereocenters. The Kier molecular flexibility index (Phi) is 7.58. The Morgan fingerprint density at radius 2 is 1.79 bits per heavy atom. The summed E-state index contributed by atoms with van der Waals surface area (Å²) in [5.41, 5.74) is 3.82. The lowest BCUT2D eigenvalue weighted by atomic mass is 10.1. The van der Waals surface area contributed by atoms with Crippen LogP contribution in [0, 0.1) is 13.8 Å². The number of nitrogens with two attached hydrogens (primary N) is 1. The summed E-state index contributed by atoms with van der Waals surface area (Å²) in [6.07, 6.45) is 1.35. The van der Waals surface area contributed by atoms with Crippen LogP contribution in [0.1, 0.15) is 46.2 Å². The number of amides is 1. The smallest absolute Gasteiger partial charge is 0.340 e. The zero-order valence-corrected chi connectivity index (χ0v) is 17.7. The van der Waals surface area contributed by atoms with Gasteiger partial charge < -0.3 is 15.0 Å². The van der Waals surface area contributed by atoms with Crippen LogP contribution >= 0.6 is 0 Å². The normalized spacial score (nSPS) is 11.3. The first-order valence-electron chi connectivity index (χ1n) is 9.37. The number of H-pyrrole nitrogens is 1. The SMILES string of the molecule is CCOC(=O)c1c(C)[nH]c(CCC(=O)NCCc2ccc(S(N)(=O)=O)cc2)c1C. The van der Waals surface area contributed by atoms with Crippen molar-refractivity contribution in [2.24, 2.45) is 5.14 Å². The van der Waals surface area contributed by atoms with Crippen LogP contribution in [-0.4, -0.2) is 38.4 Å². The summed E-state index contributed by atoms with van der Waals surface area (Å²) < 4.78 is 27.6. The number of primary sulfonamides is 1. The summed E-state index contributed by atoms with van der Waals surface area (Å²) in [6, 6.07) is 6.25. The Labute approximate surface area is 170 Å². The number of ether oxygens (including phenoxy) is 1. The number of hydrogen-bond acceptors (Lipinski definition) is 5. The molecule has 0 saturated carbocycles. The van der Waals surface area contributed by atoms with Crippen LogP contribution in [0.4, 0.5) is 0 Å². The Morgan fingerprint density at radius 1 is 1.14 bits per heavy atom. The first-order valence-corrected chi connectivity index (χ1v) is 10.9. The third kappa shape index (κ3) is 6.16. The number of aromatic amines is 1. The average Bonchev–Trinajstić information content (AvgIpc) is 2.93. The standard InChI is InChI=1S/C20H27N3O5S/c1-4-28-20(25)19-13(2)17(23-14(19)3)9-10-18(24)22-12-11-15-5-7-16(8-6-15)29(21,26)27/h5-8,23H,4,9-12H2,1-3H3,(H,22,24)(H2,21,26,27). The second-order valence-corrected chi connectivity index (χ2v) is 8.30. The van der Waals surface area contributed by atoms with Crippen molar-refractivity contribution in [3.8, 4) is 0 Å². The minimum atomic E-state index is -3.70. The molecule has 0 saturated heterocycles. The van der Waals surface area contributed by atoms with Gasteiger partial charge in [-0.25, -0.2) is 18.4 Å². The maximum absolute atomic E-state index is 12.1. The van der Waals surface area contributed by atoms with E-state index >= 15 is 0 Å². The van der Waals surface area contributed by atoms with Crippen LogP contribution in [0.5, 0.6) is 0 Å². The summed E-state index contributed by atoms with van der Waals surface area (Å²) >= 11 is 0. The maximum Gasteiger partial charge on any atom is 0.340 e. The van der Waals surface area contributed by atoms with Crippen molar-refractivity contribution in [1.29, 1.82) is 0 Å². The number of carbonyl (C=O) groups excluding carboxylic acids is 2. The van der Waals surface area contributed by atoms with Crippen molar-refractivity contribution in [3.63, 3.8) is 0 Å². The van der Waals surface area contributed by atoms with E-state index in [4.69, 9.17) is 9.88 Å². The van der Waals surface area contributed by atoms with E-state index in [9.17, 15) is 18.0 Å². The Balaban J connectivity index is 1.83. The van der Waals surface area contributed by atoms with Crippen LogP contribution in [0.15, 0.2) is 29.2 Å². The molecule has 1 aromatic carbocycles. The van der Waals surface area contributed by atoms with Crippen LogP contribution in [0.2, 0.25) is 0 Å². The second kappa shape index (κ2) is 9.71. The highest BCUT2D eigenvalue weighted by Crippen LogP contribution is 2.20. The largest absolute Gasteiger partial charge is 0.462 e. The van der Waals surface area contributed by atoms with E-state index in [-0.39, 0.29) is 23.2 Å². The first kappa shape index (κ1) is 22.6. The van der Waals surface area contributed by atoms with E-state index in [0.29, 0.717) is 31.6 Å². The summed E-state index contributed by atoms with van der Waals surface area (Å²) in [6.45, 7) is 6.16. The minimum Gasteiger partial charge on any atom is -0.462 e. The molecular formula is C20H27N3O5S. The zero-order chi connectivity index (χ0) is 21.6. The monoisotopic (exact) mass is 421 g/mol. The van der Waals surface area contributed by atoms with E-state index in [0.717, 1.165) is 22.5 Å². The molecule has 0 radical (unpaired) electrons. The average molecular weight is 422 g/mol. The van der Waals surface area contributed by atoms with Crippen molar-refractivity contribution >= 4 is 21.9 Å². The molecule has 2 rings (SSSR count). The molecule has 9 heteroatoms. The van der Waals surface area contributed by atoms with Gasteiger partial charge in [0.25, 0.3) is 0 Å².